The molecular formula is C20H31N3O6S2. The molecule has 4 amide bonds. The number of thioether (sulfide) groups is 1. The first-order valence-electron chi connectivity index (χ1n) is 9.93. The number of hydrogen-bond donors (Lipinski definition) is 2. The van der Waals surface area contributed by atoms with E-state index < -0.39 is 23.8 Å². The third-order valence-electron chi connectivity index (χ3n) is 4.35. The highest BCUT2D eigenvalue weighted by atomic mass is 32.2. The van der Waals surface area contributed by atoms with Crippen LogP contribution in [0.3, 0.4) is 0 Å². The van der Waals surface area contributed by atoms with Gasteiger partial charge in [0.15, 0.2) is 0 Å². The summed E-state index contributed by atoms with van der Waals surface area (Å²) in [6.07, 6.45) is 0.0700. The lowest BCUT2D eigenvalue weighted by Crippen LogP contribution is -2.37. The van der Waals surface area contributed by atoms with Crippen molar-refractivity contribution < 1.29 is 29.1 Å². The van der Waals surface area contributed by atoms with Crippen LogP contribution in [-0.2, 0) is 19.1 Å². The standard InChI is InChI=1S/C20H31N3O6S2/c1-14(2)11-15(12-17(25)23(28)13-31-18-8-6-10-30-18)19(26)21-9-5-7-16(24)22(3)20(27)29-4/h6,8,10,14-15,28H,5,7,9,11-13H2,1-4H3,(H,21,26)/t15-/m1/s1. The van der Waals surface area contributed by atoms with Gasteiger partial charge in [0, 0.05) is 32.4 Å². The molecule has 0 aromatic carbocycles. The van der Waals surface area contributed by atoms with E-state index in [9.17, 15) is 24.4 Å². The molecule has 1 aromatic rings. The van der Waals surface area contributed by atoms with Crippen molar-refractivity contribution in [2.24, 2.45) is 11.8 Å². The molecular weight excluding hydrogens is 442 g/mol. The summed E-state index contributed by atoms with van der Waals surface area (Å²) in [5.74, 6) is -1.52. The molecule has 0 bridgehead atoms. The molecule has 1 rings (SSSR count). The molecule has 1 aromatic heterocycles. The number of rotatable bonds is 12. The van der Waals surface area contributed by atoms with Crippen molar-refractivity contribution in [3.05, 3.63) is 17.5 Å². The Morgan fingerprint density at radius 1 is 1.26 bits per heavy atom. The Kier molecular flexibility index (Phi) is 12.2. The summed E-state index contributed by atoms with van der Waals surface area (Å²) in [6, 6.07) is 3.79. The molecule has 0 fully saturated rings. The zero-order valence-corrected chi connectivity index (χ0v) is 20.0. The molecule has 0 unspecified atom stereocenters. The second-order valence-corrected chi connectivity index (χ2v) is 9.54. The maximum absolute atomic E-state index is 12.6. The van der Waals surface area contributed by atoms with Crippen molar-refractivity contribution in [2.45, 2.75) is 43.7 Å². The van der Waals surface area contributed by atoms with E-state index >= 15 is 0 Å². The molecule has 2 N–H and O–H groups in total. The minimum absolute atomic E-state index is 0.0734. The number of thiophene rings is 1. The van der Waals surface area contributed by atoms with Crippen molar-refractivity contribution in [2.75, 3.05) is 26.6 Å². The van der Waals surface area contributed by atoms with Gasteiger partial charge in [-0.25, -0.2) is 9.86 Å². The summed E-state index contributed by atoms with van der Waals surface area (Å²) in [5.41, 5.74) is 0. The van der Waals surface area contributed by atoms with Gasteiger partial charge in [0.2, 0.25) is 17.7 Å². The number of carbonyl (C=O) groups is 4. The van der Waals surface area contributed by atoms with Gasteiger partial charge in [-0.05, 0) is 30.2 Å². The van der Waals surface area contributed by atoms with Crippen LogP contribution in [0.4, 0.5) is 4.79 Å². The van der Waals surface area contributed by atoms with Gasteiger partial charge >= 0.3 is 6.09 Å². The molecule has 0 aliphatic carbocycles. The van der Waals surface area contributed by atoms with Crippen molar-refractivity contribution in [1.82, 2.24) is 15.3 Å². The molecule has 11 heteroatoms. The first-order chi connectivity index (χ1) is 14.6. The van der Waals surface area contributed by atoms with E-state index in [1.165, 1.54) is 37.3 Å². The molecule has 0 saturated heterocycles. The van der Waals surface area contributed by atoms with Crippen LogP contribution in [0.1, 0.15) is 39.5 Å². The molecule has 174 valence electrons. The van der Waals surface area contributed by atoms with Gasteiger partial charge in [0.25, 0.3) is 0 Å². The summed E-state index contributed by atoms with van der Waals surface area (Å²) >= 11 is 2.86. The van der Waals surface area contributed by atoms with Crippen LogP contribution in [0, 0.1) is 11.8 Å². The van der Waals surface area contributed by atoms with Gasteiger partial charge < -0.3 is 10.1 Å². The third-order valence-corrected chi connectivity index (χ3v) is 6.45. The number of nitrogens with one attached hydrogen (secondary N) is 1. The SMILES string of the molecule is COC(=O)N(C)C(=O)CCCNC(=O)[C@@H](CC(=O)N(O)CSc1cccs1)CC(C)C. The first kappa shape index (κ1) is 26.9. The lowest BCUT2D eigenvalue weighted by Gasteiger charge is -2.21. The maximum Gasteiger partial charge on any atom is 0.415 e. The topological polar surface area (TPSA) is 116 Å². The molecule has 9 nitrogen and oxygen atoms in total. The van der Waals surface area contributed by atoms with Gasteiger partial charge in [-0.1, -0.05) is 31.7 Å². The highest BCUT2D eigenvalue weighted by Crippen LogP contribution is 2.24. The fourth-order valence-corrected chi connectivity index (χ4v) is 4.33. The Bertz CT molecular complexity index is 727. The van der Waals surface area contributed by atoms with E-state index in [-0.39, 0.29) is 37.1 Å². The third kappa shape index (κ3) is 10.2. The number of imide groups is 1. The number of carbonyl (C=O) groups excluding carboxylic acids is 4. The Labute approximate surface area is 191 Å². The van der Waals surface area contributed by atoms with Crippen LogP contribution < -0.4 is 5.32 Å². The molecule has 0 aliphatic heterocycles. The van der Waals surface area contributed by atoms with Crippen LogP contribution in [-0.4, -0.2) is 65.6 Å². The summed E-state index contributed by atoms with van der Waals surface area (Å²) in [7, 11) is 2.52. The highest BCUT2D eigenvalue weighted by Gasteiger charge is 2.25. The maximum atomic E-state index is 12.6. The van der Waals surface area contributed by atoms with Gasteiger partial charge in [-0.15, -0.1) is 11.3 Å². The fourth-order valence-electron chi connectivity index (χ4n) is 2.71. The molecule has 1 atom stereocenters. The second-order valence-electron chi connectivity index (χ2n) is 7.35. The summed E-state index contributed by atoms with van der Waals surface area (Å²) in [4.78, 5) is 49.0. The summed E-state index contributed by atoms with van der Waals surface area (Å²) in [5, 5.41) is 15.3. The van der Waals surface area contributed by atoms with Gasteiger partial charge in [-0.3, -0.25) is 24.5 Å². The molecule has 0 radical (unpaired) electrons. The van der Waals surface area contributed by atoms with E-state index in [4.69, 9.17) is 0 Å². The minimum Gasteiger partial charge on any atom is -0.452 e. The lowest BCUT2D eigenvalue weighted by molar-refractivity contribution is -0.163. The monoisotopic (exact) mass is 473 g/mol. The van der Waals surface area contributed by atoms with Gasteiger partial charge in [-0.2, -0.15) is 0 Å². The lowest BCUT2D eigenvalue weighted by atomic mass is 9.93. The quantitative estimate of drug-likeness (QED) is 0.157. The van der Waals surface area contributed by atoms with Crippen LogP contribution in [0.5, 0.6) is 0 Å². The van der Waals surface area contributed by atoms with Crippen molar-refractivity contribution in [3.8, 4) is 0 Å². The number of ether oxygens (including phenoxy) is 1. The Morgan fingerprint density at radius 3 is 2.55 bits per heavy atom. The van der Waals surface area contributed by atoms with Crippen molar-refractivity contribution in [1.29, 1.82) is 0 Å². The number of amides is 4. The highest BCUT2D eigenvalue weighted by molar-refractivity contribution is 8.01. The Balaban J connectivity index is 2.48. The average Bonchev–Trinajstić information content (AvgIpc) is 3.26. The first-order valence-corrected chi connectivity index (χ1v) is 11.8. The predicted molar refractivity (Wildman–Crippen MR) is 119 cm³/mol. The second kappa shape index (κ2) is 14.0. The number of hydroxylamine groups is 2. The zero-order valence-electron chi connectivity index (χ0n) is 18.3. The number of nitrogens with zero attached hydrogens (tertiary/aromatic N) is 2. The van der Waals surface area contributed by atoms with E-state index in [0.717, 1.165) is 9.11 Å². The predicted octanol–water partition coefficient (Wildman–Crippen LogP) is 3.19. The largest absolute Gasteiger partial charge is 0.452 e. The zero-order chi connectivity index (χ0) is 23.4. The van der Waals surface area contributed by atoms with Crippen molar-refractivity contribution >= 4 is 46.9 Å². The normalized spacial score (nSPS) is 11.7. The fraction of sp³-hybridized carbons (Fsp3) is 0.600. The van der Waals surface area contributed by atoms with Crippen LogP contribution in [0.2, 0.25) is 0 Å². The summed E-state index contributed by atoms with van der Waals surface area (Å²) < 4.78 is 5.46. The average molecular weight is 474 g/mol. The Hall–Kier alpha value is -2.11. The van der Waals surface area contributed by atoms with E-state index in [1.807, 2.05) is 31.4 Å². The van der Waals surface area contributed by atoms with Crippen LogP contribution in [0.15, 0.2) is 21.7 Å². The van der Waals surface area contributed by atoms with Gasteiger partial charge in [0.05, 0.1) is 17.2 Å². The molecule has 1 heterocycles. The molecule has 0 saturated carbocycles. The van der Waals surface area contributed by atoms with Crippen molar-refractivity contribution in [3.63, 3.8) is 0 Å². The van der Waals surface area contributed by atoms with Gasteiger partial charge in [0.1, 0.15) is 0 Å². The van der Waals surface area contributed by atoms with E-state index in [0.29, 0.717) is 17.9 Å². The van der Waals surface area contributed by atoms with Crippen LogP contribution >= 0.6 is 23.1 Å². The minimum atomic E-state index is -0.740. The molecule has 31 heavy (non-hydrogen) atoms. The summed E-state index contributed by atoms with van der Waals surface area (Å²) in [6.45, 7) is 4.14. The molecule has 0 spiro atoms. The Morgan fingerprint density at radius 2 is 1.97 bits per heavy atom. The molecule has 0 aliphatic rings. The smallest absolute Gasteiger partial charge is 0.415 e. The number of methoxy groups -OCH3 is 1. The van der Waals surface area contributed by atoms with E-state index in [1.54, 1.807) is 0 Å². The van der Waals surface area contributed by atoms with Crippen LogP contribution in [0.25, 0.3) is 0 Å². The number of hydrogen-bond acceptors (Lipinski definition) is 8. The van der Waals surface area contributed by atoms with E-state index in [2.05, 4.69) is 10.1 Å².